The van der Waals surface area contributed by atoms with Gasteiger partial charge in [0, 0.05) is 13.1 Å². The third-order valence-electron chi connectivity index (χ3n) is 5.44. The maximum absolute atomic E-state index is 12.7. The molecule has 1 heterocycles. The van der Waals surface area contributed by atoms with Gasteiger partial charge in [0.05, 0.1) is 5.54 Å². The standard InChI is InChI=1S/C19H28N2O/c20-19(11-5-2-6-12-19)18(22)21-13-9-17(10-14-21)15-16-7-3-1-4-8-16/h1,3-4,7-8,17H,2,5-6,9-15,20H2. The Morgan fingerprint density at radius 1 is 1.09 bits per heavy atom. The van der Waals surface area contributed by atoms with Crippen LogP contribution in [0, 0.1) is 5.92 Å². The maximum atomic E-state index is 12.7. The molecule has 2 fully saturated rings. The maximum Gasteiger partial charge on any atom is 0.242 e. The van der Waals surface area contributed by atoms with Gasteiger partial charge in [-0.25, -0.2) is 0 Å². The monoisotopic (exact) mass is 300 g/mol. The minimum atomic E-state index is -0.565. The molecule has 0 radical (unpaired) electrons. The van der Waals surface area contributed by atoms with Crippen LogP contribution in [-0.2, 0) is 11.2 Å². The molecular weight excluding hydrogens is 272 g/mol. The van der Waals surface area contributed by atoms with Crippen molar-refractivity contribution in [2.24, 2.45) is 11.7 Å². The van der Waals surface area contributed by atoms with E-state index in [-0.39, 0.29) is 5.91 Å². The van der Waals surface area contributed by atoms with Crippen molar-refractivity contribution in [3.05, 3.63) is 35.9 Å². The molecule has 3 heteroatoms. The van der Waals surface area contributed by atoms with Gasteiger partial charge in [-0.15, -0.1) is 0 Å². The number of hydrogen-bond acceptors (Lipinski definition) is 2. The first-order valence-corrected chi connectivity index (χ1v) is 8.79. The highest BCUT2D eigenvalue weighted by atomic mass is 16.2. The van der Waals surface area contributed by atoms with Crippen LogP contribution in [0.15, 0.2) is 30.3 Å². The topological polar surface area (TPSA) is 46.3 Å². The lowest BCUT2D eigenvalue weighted by atomic mass is 9.80. The number of likely N-dealkylation sites (tertiary alicyclic amines) is 1. The number of benzene rings is 1. The normalized spacial score (nSPS) is 22.5. The fourth-order valence-corrected chi connectivity index (χ4v) is 4.00. The Morgan fingerprint density at radius 3 is 2.36 bits per heavy atom. The number of nitrogens with zero attached hydrogens (tertiary/aromatic N) is 1. The zero-order valence-corrected chi connectivity index (χ0v) is 13.5. The summed E-state index contributed by atoms with van der Waals surface area (Å²) >= 11 is 0. The summed E-state index contributed by atoms with van der Waals surface area (Å²) in [4.78, 5) is 14.8. The number of nitrogens with two attached hydrogens (primary N) is 1. The highest BCUT2D eigenvalue weighted by Gasteiger charge is 2.39. The largest absolute Gasteiger partial charge is 0.341 e. The third kappa shape index (κ3) is 3.52. The van der Waals surface area contributed by atoms with E-state index >= 15 is 0 Å². The molecule has 1 saturated heterocycles. The summed E-state index contributed by atoms with van der Waals surface area (Å²) in [6.07, 6.45) is 8.53. The Balaban J connectivity index is 1.52. The van der Waals surface area contributed by atoms with Gasteiger partial charge in [-0.3, -0.25) is 4.79 Å². The van der Waals surface area contributed by atoms with Crippen molar-refractivity contribution in [3.8, 4) is 0 Å². The Morgan fingerprint density at radius 2 is 1.73 bits per heavy atom. The van der Waals surface area contributed by atoms with Gasteiger partial charge >= 0.3 is 0 Å². The molecule has 22 heavy (non-hydrogen) atoms. The Labute approximate surface area is 133 Å². The van der Waals surface area contributed by atoms with Crippen LogP contribution in [0.5, 0.6) is 0 Å². The zero-order valence-electron chi connectivity index (χ0n) is 13.5. The number of amides is 1. The first-order chi connectivity index (χ1) is 10.7. The second-order valence-electron chi connectivity index (χ2n) is 7.14. The van der Waals surface area contributed by atoms with Crippen LogP contribution >= 0.6 is 0 Å². The number of piperidine rings is 1. The Bertz CT molecular complexity index is 485. The SMILES string of the molecule is NC1(C(=O)N2CCC(Cc3ccccc3)CC2)CCCCC1. The van der Waals surface area contributed by atoms with Gasteiger partial charge in [0.2, 0.25) is 5.91 Å². The molecule has 1 saturated carbocycles. The van der Waals surface area contributed by atoms with Crippen LogP contribution in [0.4, 0.5) is 0 Å². The van der Waals surface area contributed by atoms with Gasteiger partial charge in [0.25, 0.3) is 0 Å². The van der Waals surface area contributed by atoms with Gasteiger partial charge in [0.1, 0.15) is 0 Å². The van der Waals surface area contributed by atoms with E-state index in [0.29, 0.717) is 5.92 Å². The predicted octanol–water partition coefficient (Wildman–Crippen LogP) is 3.13. The fourth-order valence-electron chi connectivity index (χ4n) is 4.00. The minimum absolute atomic E-state index is 0.213. The third-order valence-corrected chi connectivity index (χ3v) is 5.44. The van der Waals surface area contributed by atoms with E-state index in [1.807, 2.05) is 4.90 Å². The van der Waals surface area contributed by atoms with Crippen LogP contribution in [-0.4, -0.2) is 29.4 Å². The highest BCUT2D eigenvalue weighted by molar-refractivity contribution is 5.86. The predicted molar refractivity (Wildman–Crippen MR) is 89.5 cm³/mol. The molecule has 0 bridgehead atoms. The van der Waals surface area contributed by atoms with Crippen molar-refractivity contribution in [1.29, 1.82) is 0 Å². The van der Waals surface area contributed by atoms with Gasteiger partial charge in [-0.2, -0.15) is 0 Å². The summed E-state index contributed by atoms with van der Waals surface area (Å²) in [6.45, 7) is 1.77. The van der Waals surface area contributed by atoms with Crippen molar-refractivity contribution >= 4 is 5.91 Å². The van der Waals surface area contributed by atoms with Crippen LogP contribution in [0.1, 0.15) is 50.5 Å². The second-order valence-corrected chi connectivity index (χ2v) is 7.14. The summed E-state index contributed by atoms with van der Waals surface area (Å²) in [5.41, 5.74) is 7.25. The van der Waals surface area contributed by atoms with E-state index in [1.54, 1.807) is 0 Å². The molecular formula is C19H28N2O. The molecule has 1 aliphatic heterocycles. The first kappa shape index (κ1) is 15.5. The van der Waals surface area contributed by atoms with Gasteiger partial charge in [-0.05, 0) is 43.6 Å². The molecule has 1 aromatic rings. The van der Waals surface area contributed by atoms with E-state index < -0.39 is 5.54 Å². The number of carbonyl (C=O) groups excluding carboxylic acids is 1. The Kier molecular flexibility index (Phi) is 4.82. The van der Waals surface area contributed by atoms with Gasteiger partial charge < -0.3 is 10.6 Å². The van der Waals surface area contributed by atoms with Crippen molar-refractivity contribution in [2.45, 2.75) is 56.9 Å². The molecule has 0 atom stereocenters. The molecule has 1 aromatic carbocycles. The Hall–Kier alpha value is -1.35. The van der Waals surface area contributed by atoms with E-state index in [1.165, 1.54) is 12.0 Å². The van der Waals surface area contributed by atoms with E-state index in [9.17, 15) is 4.79 Å². The fraction of sp³-hybridized carbons (Fsp3) is 0.632. The molecule has 3 nitrogen and oxygen atoms in total. The zero-order chi connectivity index (χ0) is 15.4. The van der Waals surface area contributed by atoms with Crippen LogP contribution in [0.3, 0.4) is 0 Å². The average molecular weight is 300 g/mol. The van der Waals surface area contributed by atoms with E-state index in [0.717, 1.165) is 58.0 Å². The highest BCUT2D eigenvalue weighted by Crippen LogP contribution is 2.30. The summed E-state index contributed by atoms with van der Waals surface area (Å²) in [5, 5.41) is 0. The van der Waals surface area contributed by atoms with Crippen LogP contribution in [0.2, 0.25) is 0 Å². The molecule has 0 aromatic heterocycles. The first-order valence-electron chi connectivity index (χ1n) is 8.79. The van der Waals surface area contributed by atoms with Crippen molar-refractivity contribution in [2.75, 3.05) is 13.1 Å². The molecule has 1 amide bonds. The van der Waals surface area contributed by atoms with Crippen molar-refractivity contribution in [3.63, 3.8) is 0 Å². The number of hydrogen-bond donors (Lipinski definition) is 1. The lowest BCUT2D eigenvalue weighted by Gasteiger charge is -2.40. The smallest absolute Gasteiger partial charge is 0.242 e. The molecule has 0 spiro atoms. The second kappa shape index (κ2) is 6.82. The van der Waals surface area contributed by atoms with Crippen molar-refractivity contribution < 1.29 is 4.79 Å². The molecule has 1 aliphatic carbocycles. The molecule has 2 N–H and O–H groups in total. The van der Waals surface area contributed by atoms with E-state index in [4.69, 9.17) is 5.73 Å². The molecule has 2 aliphatic rings. The summed E-state index contributed by atoms with van der Waals surface area (Å²) < 4.78 is 0. The molecule has 3 rings (SSSR count). The van der Waals surface area contributed by atoms with E-state index in [2.05, 4.69) is 30.3 Å². The summed E-state index contributed by atoms with van der Waals surface area (Å²) in [7, 11) is 0. The minimum Gasteiger partial charge on any atom is -0.341 e. The average Bonchev–Trinajstić information content (AvgIpc) is 2.56. The number of carbonyl (C=O) groups is 1. The van der Waals surface area contributed by atoms with Gasteiger partial charge in [-0.1, -0.05) is 49.6 Å². The van der Waals surface area contributed by atoms with Crippen LogP contribution in [0.25, 0.3) is 0 Å². The number of rotatable bonds is 3. The summed E-state index contributed by atoms with van der Waals surface area (Å²) in [6, 6.07) is 10.7. The van der Waals surface area contributed by atoms with Crippen LogP contribution < -0.4 is 5.73 Å². The van der Waals surface area contributed by atoms with Gasteiger partial charge in [0.15, 0.2) is 0 Å². The molecule has 0 unspecified atom stereocenters. The quantitative estimate of drug-likeness (QED) is 0.932. The molecule has 120 valence electrons. The lowest BCUT2D eigenvalue weighted by molar-refractivity contribution is -0.139. The summed E-state index contributed by atoms with van der Waals surface area (Å²) in [5.74, 6) is 0.914. The van der Waals surface area contributed by atoms with Crippen molar-refractivity contribution in [1.82, 2.24) is 4.90 Å². The lowest BCUT2D eigenvalue weighted by Crippen LogP contribution is -2.57.